The minimum Gasteiger partial charge on any atom is -0.372 e. The van der Waals surface area contributed by atoms with E-state index >= 15 is 0 Å². The molecule has 3 heteroatoms. The molecule has 1 saturated carbocycles. The van der Waals surface area contributed by atoms with Crippen LogP contribution in [0, 0.1) is 11.7 Å². The molecular formula is C15H22FNO. The summed E-state index contributed by atoms with van der Waals surface area (Å²) in [5.74, 6) is 0.248. The van der Waals surface area contributed by atoms with Gasteiger partial charge in [0.05, 0.1) is 12.7 Å². The molecule has 1 atom stereocenters. The number of hydrogen-bond acceptors (Lipinski definition) is 2. The molecule has 18 heavy (non-hydrogen) atoms. The van der Waals surface area contributed by atoms with Crippen LogP contribution >= 0.6 is 0 Å². The summed E-state index contributed by atoms with van der Waals surface area (Å²) in [7, 11) is 0. The lowest BCUT2D eigenvalue weighted by Gasteiger charge is -2.22. The van der Waals surface area contributed by atoms with Crippen molar-refractivity contribution in [1.82, 2.24) is 5.32 Å². The normalized spacial score (nSPS) is 17.1. The largest absolute Gasteiger partial charge is 0.372 e. The van der Waals surface area contributed by atoms with Gasteiger partial charge < -0.3 is 10.1 Å². The van der Waals surface area contributed by atoms with Gasteiger partial charge in [0.15, 0.2) is 0 Å². The number of rotatable bonds is 7. The van der Waals surface area contributed by atoms with Gasteiger partial charge in [0.25, 0.3) is 0 Å². The van der Waals surface area contributed by atoms with E-state index in [2.05, 4.69) is 19.2 Å². The lowest BCUT2D eigenvalue weighted by molar-refractivity contribution is 0.00988. The summed E-state index contributed by atoms with van der Waals surface area (Å²) in [4.78, 5) is 0. The third kappa shape index (κ3) is 4.07. The highest BCUT2D eigenvalue weighted by Gasteiger charge is 2.23. The maximum atomic E-state index is 13.5. The predicted octanol–water partition coefficient (Wildman–Crippen LogP) is 3.12. The van der Waals surface area contributed by atoms with Crippen LogP contribution in [0.15, 0.2) is 24.3 Å². The summed E-state index contributed by atoms with van der Waals surface area (Å²) in [5, 5.41) is 3.47. The van der Waals surface area contributed by atoms with Crippen molar-refractivity contribution in [2.75, 3.05) is 6.54 Å². The van der Waals surface area contributed by atoms with Crippen molar-refractivity contribution in [2.24, 2.45) is 5.92 Å². The van der Waals surface area contributed by atoms with E-state index in [1.165, 1.54) is 18.9 Å². The molecule has 0 radical (unpaired) electrons. The average molecular weight is 251 g/mol. The molecule has 1 fully saturated rings. The van der Waals surface area contributed by atoms with Crippen LogP contribution in [0.25, 0.3) is 0 Å². The minimum absolute atomic E-state index is 0.144. The number of ether oxygens (including phenoxy) is 1. The van der Waals surface area contributed by atoms with Gasteiger partial charge in [0.1, 0.15) is 5.82 Å². The van der Waals surface area contributed by atoms with Crippen molar-refractivity contribution in [3.63, 3.8) is 0 Å². The SMILES string of the molecule is CC(C)C(CNC1CC1)OCc1ccccc1F. The molecule has 100 valence electrons. The number of halogens is 1. The maximum absolute atomic E-state index is 13.5. The van der Waals surface area contributed by atoms with E-state index in [9.17, 15) is 4.39 Å². The van der Waals surface area contributed by atoms with Crippen molar-refractivity contribution in [1.29, 1.82) is 0 Å². The molecule has 2 rings (SSSR count). The molecule has 0 spiro atoms. The summed E-state index contributed by atoms with van der Waals surface area (Å²) in [6, 6.07) is 7.48. The zero-order valence-corrected chi connectivity index (χ0v) is 11.2. The Morgan fingerprint density at radius 1 is 1.33 bits per heavy atom. The van der Waals surface area contributed by atoms with Gasteiger partial charge in [0.2, 0.25) is 0 Å². The summed E-state index contributed by atoms with van der Waals surface area (Å²) in [6.45, 7) is 5.49. The smallest absolute Gasteiger partial charge is 0.128 e. The van der Waals surface area contributed by atoms with E-state index in [4.69, 9.17) is 4.74 Å². The Kier molecular flexibility index (Phi) is 4.72. The predicted molar refractivity (Wildman–Crippen MR) is 70.8 cm³/mol. The second-order valence-corrected chi connectivity index (χ2v) is 5.37. The maximum Gasteiger partial charge on any atom is 0.128 e. The molecule has 0 amide bonds. The van der Waals surface area contributed by atoms with Crippen molar-refractivity contribution in [3.05, 3.63) is 35.6 Å². The second kappa shape index (κ2) is 6.30. The first-order valence-electron chi connectivity index (χ1n) is 6.75. The van der Waals surface area contributed by atoms with Gasteiger partial charge in [-0.25, -0.2) is 4.39 Å². The molecule has 1 unspecified atom stereocenters. The first-order valence-corrected chi connectivity index (χ1v) is 6.75. The van der Waals surface area contributed by atoms with Gasteiger partial charge in [-0.05, 0) is 24.8 Å². The lowest BCUT2D eigenvalue weighted by atomic mass is 10.1. The van der Waals surface area contributed by atoms with E-state index in [-0.39, 0.29) is 11.9 Å². The summed E-state index contributed by atoms with van der Waals surface area (Å²) in [6.07, 6.45) is 2.70. The Morgan fingerprint density at radius 3 is 2.67 bits per heavy atom. The average Bonchev–Trinajstić information content (AvgIpc) is 3.14. The third-order valence-corrected chi connectivity index (χ3v) is 3.34. The Hall–Kier alpha value is -0.930. The second-order valence-electron chi connectivity index (χ2n) is 5.37. The number of hydrogen-bond donors (Lipinski definition) is 1. The van der Waals surface area contributed by atoms with Crippen LogP contribution in [0.5, 0.6) is 0 Å². The van der Waals surface area contributed by atoms with Crippen molar-refractivity contribution < 1.29 is 9.13 Å². The molecule has 2 nitrogen and oxygen atoms in total. The Morgan fingerprint density at radius 2 is 2.06 bits per heavy atom. The molecule has 1 aliphatic rings. The molecule has 1 aromatic carbocycles. The zero-order valence-electron chi connectivity index (χ0n) is 11.2. The fourth-order valence-electron chi connectivity index (χ4n) is 1.87. The Labute approximate surface area is 109 Å². The van der Waals surface area contributed by atoms with E-state index < -0.39 is 0 Å². The molecule has 0 saturated heterocycles. The summed E-state index contributed by atoms with van der Waals surface area (Å²) in [5.41, 5.74) is 0.634. The van der Waals surface area contributed by atoms with Crippen LogP contribution < -0.4 is 5.32 Å². The first-order chi connectivity index (χ1) is 8.66. The molecular weight excluding hydrogens is 229 g/mol. The van der Waals surface area contributed by atoms with Gasteiger partial charge in [-0.3, -0.25) is 0 Å². The quantitative estimate of drug-likeness (QED) is 0.804. The van der Waals surface area contributed by atoms with Crippen LogP contribution in [0.2, 0.25) is 0 Å². The van der Waals surface area contributed by atoms with E-state index in [0.29, 0.717) is 24.1 Å². The van der Waals surface area contributed by atoms with Crippen LogP contribution in [0.1, 0.15) is 32.3 Å². The first kappa shape index (κ1) is 13.5. The van der Waals surface area contributed by atoms with Crippen molar-refractivity contribution in [3.8, 4) is 0 Å². The molecule has 0 heterocycles. The van der Waals surface area contributed by atoms with Crippen LogP contribution in [0.4, 0.5) is 4.39 Å². The molecule has 0 aliphatic heterocycles. The molecule has 0 aromatic heterocycles. The molecule has 1 N–H and O–H groups in total. The van der Waals surface area contributed by atoms with Crippen LogP contribution in [0.3, 0.4) is 0 Å². The Bertz CT molecular complexity index is 377. The fraction of sp³-hybridized carbons (Fsp3) is 0.600. The molecule has 1 aliphatic carbocycles. The van der Waals surface area contributed by atoms with Gasteiger partial charge >= 0.3 is 0 Å². The lowest BCUT2D eigenvalue weighted by Crippen LogP contribution is -2.34. The van der Waals surface area contributed by atoms with Crippen LogP contribution in [-0.4, -0.2) is 18.7 Å². The fourth-order valence-corrected chi connectivity index (χ4v) is 1.87. The zero-order chi connectivity index (χ0) is 13.0. The van der Waals surface area contributed by atoms with Gasteiger partial charge in [-0.2, -0.15) is 0 Å². The molecule has 0 bridgehead atoms. The van der Waals surface area contributed by atoms with Gasteiger partial charge in [-0.1, -0.05) is 32.0 Å². The topological polar surface area (TPSA) is 21.3 Å². The minimum atomic E-state index is -0.185. The number of benzene rings is 1. The highest BCUT2D eigenvalue weighted by Crippen LogP contribution is 2.19. The van der Waals surface area contributed by atoms with Crippen molar-refractivity contribution >= 4 is 0 Å². The van der Waals surface area contributed by atoms with E-state index in [1.807, 2.05) is 6.07 Å². The molecule has 1 aromatic rings. The summed E-state index contributed by atoms with van der Waals surface area (Å²) < 4.78 is 19.3. The van der Waals surface area contributed by atoms with Crippen molar-refractivity contribution in [2.45, 2.75) is 45.4 Å². The van der Waals surface area contributed by atoms with Gasteiger partial charge in [0, 0.05) is 18.2 Å². The highest BCUT2D eigenvalue weighted by molar-refractivity contribution is 5.16. The monoisotopic (exact) mass is 251 g/mol. The number of nitrogens with one attached hydrogen (secondary N) is 1. The summed E-state index contributed by atoms with van der Waals surface area (Å²) >= 11 is 0. The van der Waals surface area contributed by atoms with Crippen LogP contribution in [-0.2, 0) is 11.3 Å². The standard InChI is InChI=1S/C15H22FNO/c1-11(2)15(9-17-13-7-8-13)18-10-12-5-3-4-6-14(12)16/h3-6,11,13,15,17H,7-10H2,1-2H3. The van der Waals surface area contributed by atoms with Gasteiger partial charge in [-0.15, -0.1) is 0 Å². The Balaban J connectivity index is 1.82. The van der Waals surface area contributed by atoms with E-state index in [0.717, 1.165) is 6.54 Å². The van der Waals surface area contributed by atoms with E-state index in [1.54, 1.807) is 12.1 Å². The third-order valence-electron chi connectivity index (χ3n) is 3.34. The highest BCUT2D eigenvalue weighted by atomic mass is 19.1.